The second-order valence-corrected chi connectivity index (χ2v) is 4.08. The molecule has 1 N–H and O–H groups in total. The number of hydrogen-bond acceptors (Lipinski definition) is 2. The molecule has 19 heavy (non-hydrogen) atoms. The van der Waals surface area contributed by atoms with Crippen LogP contribution in [0.25, 0.3) is 0 Å². The molecule has 0 radical (unpaired) electrons. The lowest BCUT2D eigenvalue weighted by Crippen LogP contribution is -2.32. The number of carbonyl (C=O) groups is 1. The Balaban J connectivity index is 2.96. The van der Waals surface area contributed by atoms with Crippen LogP contribution in [0.15, 0.2) is 30.3 Å². The van der Waals surface area contributed by atoms with Gasteiger partial charge in [0.05, 0.1) is 0 Å². The third kappa shape index (κ3) is 4.55. The number of alkyl halides is 3. The predicted octanol–water partition coefficient (Wildman–Crippen LogP) is 3.56. The number of halogens is 3. The van der Waals surface area contributed by atoms with Crippen molar-refractivity contribution >= 4 is 5.97 Å². The maximum atomic E-state index is 13.0. The number of carboxylic acids is 1. The number of rotatable bonds is 6. The Hall–Kier alpha value is -1.56. The minimum Gasteiger partial charge on any atom is -0.479 e. The molecule has 1 aromatic rings. The van der Waals surface area contributed by atoms with E-state index in [0.717, 1.165) is 0 Å². The summed E-state index contributed by atoms with van der Waals surface area (Å²) in [4.78, 5) is 10.9. The summed E-state index contributed by atoms with van der Waals surface area (Å²) in [6, 6.07) is 7.02. The van der Waals surface area contributed by atoms with E-state index < -0.39 is 24.4 Å². The van der Waals surface area contributed by atoms with Gasteiger partial charge in [-0.3, -0.25) is 0 Å². The van der Waals surface area contributed by atoms with Crippen molar-refractivity contribution in [3.05, 3.63) is 35.9 Å². The molecular formula is C13H15F3O3. The zero-order valence-electron chi connectivity index (χ0n) is 10.4. The average Bonchev–Trinajstić information content (AvgIpc) is 2.33. The average molecular weight is 276 g/mol. The van der Waals surface area contributed by atoms with Gasteiger partial charge in [0.25, 0.3) is 0 Å². The maximum Gasteiger partial charge on any atom is 0.418 e. The van der Waals surface area contributed by atoms with Gasteiger partial charge in [-0.15, -0.1) is 0 Å². The van der Waals surface area contributed by atoms with Gasteiger partial charge < -0.3 is 9.84 Å². The van der Waals surface area contributed by atoms with E-state index in [1.807, 2.05) is 0 Å². The van der Waals surface area contributed by atoms with Gasteiger partial charge in [0.15, 0.2) is 12.2 Å². The summed E-state index contributed by atoms with van der Waals surface area (Å²) >= 11 is 0. The number of aliphatic carboxylic acids is 1. The van der Waals surface area contributed by atoms with Gasteiger partial charge >= 0.3 is 12.1 Å². The Morgan fingerprint density at radius 2 is 1.89 bits per heavy atom. The van der Waals surface area contributed by atoms with Crippen LogP contribution in [0.2, 0.25) is 0 Å². The molecule has 6 heteroatoms. The van der Waals surface area contributed by atoms with Crippen LogP contribution in [-0.2, 0) is 9.53 Å². The van der Waals surface area contributed by atoms with Crippen LogP contribution in [-0.4, -0.2) is 23.4 Å². The third-order valence-corrected chi connectivity index (χ3v) is 2.53. The summed E-state index contributed by atoms with van der Waals surface area (Å²) in [6.07, 6.45) is -7.87. The fourth-order valence-corrected chi connectivity index (χ4v) is 1.65. The molecule has 0 amide bonds. The molecule has 0 aliphatic rings. The molecule has 1 rings (SSSR count). The van der Waals surface area contributed by atoms with Gasteiger partial charge in [-0.1, -0.05) is 43.7 Å². The molecule has 2 atom stereocenters. The lowest BCUT2D eigenvalue weighted by atomic mass is 10.1. The van der Waals surface area contributed by atoms with E-state index in [2.05, 4.69) is 0 Å². The van der Waals surface area contributed by atoms with E-state index >= 15 is 0 Å². The fourth-order valence-electron chi connectivity index (χ4n) is 1.65. The quantitative estimate of drug-likeness (QED) is 0.864. The van der Waals surface area contributed by atoms with E-state index in [4.69, 9.17) is 9.84 Å². The molecule has 0 aliphatic heterocycles. The van der Waals surface area contributed by atoms with Gasteiger partial charge in [0.2, 0.25) is 0 Å². The molecule has 0 aromatic heterocycles. The summed E-state index contributed by atoms with van der Waals surface area (Å²) in [7, 11) is 0. The molecule has 106 valence electrons. The van der Waals surface area contributed by atoms with Crippen LogP contribution in [0, 0.1) is 0 Å². The molecule has 0 spiro atoms. The second-order valence-electron chi connectivity index (χ2n) is 4.08. The normalized spacial score (nSPS) is 14.9. The van der Waals surface area contributed by atoms with Gasteiger partial charge in [0.1, 0.15) is 0 Å². The Kier molecular flexibility index (Phi) is 5.35. The highest BCUT2D eigenvalue weighted by Gasteiger charge is 2.44. The van der Waals surface area contributed by atoms with Gasteiger partial charge in [0, 0.05) is 0 Å². The standard InChI is InChI=1S/C13H15F3O3/c1-2-6-10(12(17)18)19-11(13(14,15)16)9-7-4-3-5-8-9/h3-5,7-8,10-11H,2,6H2,1H3,(H,17,18). The number of carboxylic acid groups (broad SMARTS) is 1. The van der Waals surface area contributed by atoms with Crippen molar-refractivity contribution in [2.45, 2.75) is 38.1 Å². The monoisotopic (exact) mass is 276 g/mol. The number of ether oxygens (including phenoxy) is 1. The van der Waals surface area contributed by atoms with E-state index in [1.54, 1.807) is 13.0 Å². The summed E-state index contributed by atoms with van der Waals surface area (Å²) in [5.41, 5.74) is -0.0997. The van der Waals surface area contributed by atoms with Crippen LogP contribution >= 0.6 is 0 Å². The van der Waals surface area contributed by atoms with E-state index in [1.165, 1.54) is 24.3 Å². The molecule has 0 bridgehead atoms. The molecule has 0 saturated heterocycles. The van der Waals surface area contributed by atoms with Crippen molar-refractivity contribution in [2.75, 3.05) is 0 Å². The van der Waals surface area contributed by atoms with Crippen molar-refractivity contribution in [3.8, 4) is 0 Å². The first-order valence-corrected chi connectivity index (χ1v) is 5.86. The lowest BCUT2D eigenvalue weighted by molar-refractivity contribution is -0.238. The molecule has 3 nitrogen and oxygen atoms in total. The van der Waals surface area contributed by atoms with Crippen molar-refractivity contribution in [1.29, 1.82) is 0 Å². The van der Waals surface area contributed by atoms with Crippen molar-refractivity contribution in [3.63, 3.8) is 0 Å². The smallest absolute Gasteiger partial charge is 0.418 e. The zero-order valence-corrected chi connectivity index (χ0v) is 10.4. The highest BCUT2D eigenvalue weighted by Crippen LogP contribution is 2.37. The minimum atomic E-state index is -4.65. The van der Waals surface area contributed by atoms with Crippen molar-refractivity contribution < 1.29 is 27.8 Å². The van der Waals surface area contributed by atoms with Gasteiger partial charge in [-0.25, -0.2) is 4.79 Å². The number of hydrogen-bond donors (Lipinski definition) is 1. The van der Waals surface area contributed by atoms with Crippen LogP contribution in [0.1, 0.15) is 31.4 Å². The Labute approximate surface area is 109 Å². The molecule has 0 heterocycles. The SMILES string of the molecule is CCCC(OC(c1ccccc1)C(F)(F)F)C(=O)O. The molecular weight excluding hydrogens is 261 g/mol. The summed E-state index contributed by atoms with van der Waals surface area (Å²) in [5, 5.41) is 8.87. The molecule has 1 aromatic carbocycles. The first kappa shape index (κ1) is 15.5. The Morgan fingerprint density at radius 3 is 2.32 bits per heavy atom. The van der Waals surface area contributed by atoms with Crippen LogP contribution < -0.4 is 0 Å². The minimum absolute atomic E-state index is 0.0365. The van der Waals surface area contributed by atoms with E-state index in [9.17, 15) is 18.0 Å². The lowest BCUT2D eigenvalue weighted by Gasteiger charge is -2.24. The van der Waals surface area contributed by atoms with E-state index in [0.29, 0.717) is 6.42 Å². The summed E-state index contributed by atoms with van der Waals surface area (Å²) in [5.74, 6) is -1.38. The third-order valence-electron chi connectivity index (χ3n) is 2.53. The largest absolute Gasteiger partial charge is 0.479 e. The van der Waals surface area contributed by atoms with Gasteiger partial charge in [-0.05, 0) is 12.0 Å². The first-order chi connectivity index (χ1) is 8.86. The molecule has 0 aliphatic carbocycles. The molecule has 2 unspecified atom stereocenters. The Morgan fingerprint density at radius 1 is 1.32 bits per heavy atom. The van der Waals surface area contributed by atoms with Crippen LogP contribution in [0.4, 0.5) is 13.2 Å². The van der Waals surface area contributed by atoms with Crippen molar-refractivity contribution in [1.82, 2.24) is 0 Å². The maximum absolute atomic E-state index is 13.0. The number of benzene rings is 1. The van der Waals surface area contributed by atoms with Crippen molar-refractivity contribution in [2.24, 2.45) is 0 Å². The predicted molar refractivity (Wildman–Crippen MR) is 62.7 cm³/mol. The van der Waals surface area contributed by atoms with Gasteiger partial charge in [-0.2, -0.15) is 13.2 Å². The Bertz CT molecular complexity index is 403. The first-order valence-electron chi connectivity index (χ1n) is 5.86. The summed E-state index contributed by atoms with van der Waals surface area (Å²) < 4.78 is 43.6. The van der Waals surface area contributed by atoms with Crippen LogP contribution in [0.5, 0.6) is 0 Å². The summed E-state index contributed by atoms with van der Waals surface area (Å²) in [6.45, 7) is 1.68. The van der Waals surface area contributed by atoms with E-state index in [-0.39, 0.29) is 12.0 Å². The zero-order chi connectivity index (χ0) is 14.5. The fraction of sp³-hybridized carbons (Fsp3) is 0.462. The van der Waals surface area contributed by atoms with Crippen LogP contribution in [0.3, 0.4) is 0 Å². The highest BCUT2D eigenvalue weighted by molar-refractivity contribution is 5.72. The topological polar surface area (TPSA) is 46.5 Å². The molecule has 0 fully saturated rings. The second kappa shape index (κ2) is 6.56. The highest BCUT2D eigenvalue weighted by atomic mass is 19.4. The molecule has 0 saturated carbocycles.